The molecule has 3 aliphatic rings. The van der Waals surface area contributed by atoms with E-state index in [2.05, 4.69) is 10.3 Å². The molecular weight excluding hydrogens is 313 g/mol. The zero-order chi connectivity index (χ0) is 16.0. The van der Waals surface area contributed by atoms with E-state index >= 15 is 0 Å². The molecule has 1 aliphatic heterocycles. The Morgan fingerprint density at radius 1 is 1.39 bits per heavy atom. The molecule has 0 saturated heterocycles. The Morgan fingerprint density at radius 2 is 2.22 bits per heavy atom. The number of rotatable bonds is 3. The van der Waals surface area contributed by atoms with Crippen LogP contribution in [0.4, 0.5) is 10.1 Å². The molecule has 1 aromatic rings. The summed E-state index contributed by atoms with van der Waals surface area (Å²) in [5, 5.41) is 3.44. The molecule has 0 aromatic heterocycles. The summed E-state index contributed by atoms with van der Waals surface area (Å²) >= 11 is 1.56. The van der Waals surface area contributed by atoms with Crippen LogP contribution in [0.1, 0.15) is 37.7 Å². The molecular formula is C17H20FN3OS. The molecule has 2 fully saturated rings. The van der Waals surface area contributed by atoms with Crippen molar-refractivity contribution in [3.05, 3.63) is 29.6 Å². The molecule has 1 amide bonds. The normalized spacial score (nSPS) is 29.8. The number of amidine groups is 1. The minimum atomic E-state index is -0.556. The number of hydrogen-bond donors (Lipinski definition) is 2. The Bertz CT molecular complexity index is 688. The quantitative estimate of drug-likeness (QED) is 0.892. The molecule has 2 aliphatic carbocycles. The van der Waals surface area contributed by atoms with E-state index in [1.807, 2.05) is 0 Å². The van der Waals surface area contributed by atoms with Crippen LogP contribution in [0.5, 0.6) is 0 Å². The van der Waals surface area contributed by atoms with Gasteiger partial charge in [-0.15, -0.1) is 0 Å². The van der Waals surface area contributed by atoms with Crippen molar-refractivity contribution in [1.82, 2.24) is 0 Å². The van der Waals surface area contributed by atoms with Crippen molar-refractivity contribution < 1.29 is 9.18 Å². The summed E-state index contributed by atoms with van der Waals surface area (Å²) in [6.45, 7) is 0. The third-order valence-corrected chi connectivity index (χ3v) is 6.13. The van der Waals surface area contributed by atoms with Crippen molar-refractivity contribution in [3.8, 4) is 0 Å². The van der Waals surface area contributed by atoms with Gasteiger partial charge in [-0.1, -0.05) is 18.2 Å². The summed E-state index contributed by atoms with van der Waals surface area (Å²) < 4.78 is 14.6. The van der Waals surface area contributed by atoms with Crippen molar-refractivity contribution in [2.75, 3.05) is 11.1 Å². The zero-order valence-electron chi connectivity index (χ0n) is 12.8. The number of benzene rings is 1. The molecule has 2 saturated carbocycles. The summed E-state index contributed by atoms with van der Waals surface area (Å²) in [5.74, 6) is 1.09. The Balaban J connectivity index is 1.72. The molecule has 0 bridgehead atoms. The lowest BCUT2D eigenvalue weighted by molar-refractivity contribution is -0.117. The second kappa shape index (κ2) is 5.51. The fourth-order valence-electron chi connectivity index (χ4n) is 3.78. The fraction of sp³-hybridized carbons (Fsp3) is 0.529. The predicted molar refractivity (Wildman–Crippen MR) is 90.9 cm³/mol. The third kappa shape index (κ3) is 2.63. The monoisotopic (exact) mass is 333 g/mol. The van der Waals surface area contributed by atoms with Gasteiger partial charge < -0.3 is 11.1 Å². The number of halogens is 1. The number of hydrogen-bond acceptors (Lipinski definition) is 4. The van der Waals surface area contributed by atoms with E-state index in [0.29, 0.717) is 22.3 Å². The molecule has 4 rings (SSSR count). The molecule has 4 nitrogen and oxygen atoms in total. The minimum absolute atomic E-state index is 0.0326. The lowest BCUT2D eigenvalue weighted by Gasteiger charge is -2.36. The number of fused-ring (bicyclic) bond motifs is 1. The molecule has 6 heteroatoms. The number of amides is 1. The van der Waals surface area contributed by atoms with E-state index in [0.717, 1.165) is 37.9 Å². The van der Waals surface area contributed by atoms with Crippen molar-refractivity contribution in [3.63, 3.8) is 0 Å². The summed E-state index contributed by atoms with van der Waals surface area (Å²) in [6.07, 6.45) is 4.78. The summed E-state index contributed by atoms with van der Waals surface area (Å²) in [5.41, 5.74) is 6.63. The van der Waals surface area contributed by atoms with Gasteiger partial charge in [0.05, 0.1) is 5.54 Å². The first-order valence-corrected chi connectivity index (χ1v) is 9.16. The predicted octanol–water partition coefficient (Wildman–Crippen LogP) is 3.23. The number of aliphatic imine (C=N–C) groups is 1. The Hall–Kier alpha value is -1.56. The number of anilines is 1. The van der Waals surface area contributed by atoms with Gasteiger partial charge in [-0.25, -0.2) is 4.39 Å². The van der Waals surface area contributed by atoms with Crippen LogP contribution in [0.15, 0.2) is 23.2 Å². The highest BCUT2D eigenvalue weighted by molar-refractivity contribution is 8.13. The average molecular weight is 333 g/mol. The lowest BCUT2D eigenvalue weighted by Crippen LogP contribution is -2.37. The standard InChI is InChI=1S/C17H20FN3OS/c18-14-6-5-12(20-15(22)10-3-4-10)8-13(14)17-7-1-2-11(17)9-23-16(19)21-17/h5-6,8,10-11H,1-4,7,9H2,(H2,19,21)(H,20,22)/t11-,17?/m0/s1. The molecule has 1 aromatic carbocycles. The topological polar surface area (TPSA) is 67.5 Å². The van der Waals surface area contributed by atoms with Gasteiger partial charge in [-0.3, -0.25) is 9.79 Å². The highest BCUT2D eigenvalue weighted by atomic mass is 32.2. The number of thioether (sulfide) groups is 1. The van der Waals surface area contributed by atoms with Gasteiger partial charge in [-0.2, -0.15) is 0 Å². The zero-order valence-corrected chi connectivity index (χ0v) is 13.7. The Labute approximate surface area is 139 Å². The van der Waals surface area contributed by atoms with Gasteiger partial charge in [0.25, 0.3) is 0 Å². The minimum Gasteiger partial charge on any atom is -0.379 e. The third-order valence-electron chi connectivity index (χ3n) is 5.18. The van der Waals surface area contributed by atoms with E-state index in [1.165, 1.54) is 6.07 Å². The number of nitrogens with two attached hydrogens (primary N) is 1. The van der Waals surface area contributed by atoms with Crippen molar-refractivity contribution in [2.45, 2.75) is 37.6 Å². The van der Waals surface area contributed by atoms with E-state index in [1.54, 1.807) is 23.9 Å². The van der Waals surface area contributed by atoms with Gasteiger partial charge in [0.15, 0.2) is 5.17 Å². The van der Waals surface area contributed by atoms with E-state index in [9.17, 15) is 9.18 Å². The van der Waals surface area contributed by atoms with Crippen molar-refractivity contribution >= 4 is 28.5 Å². The fourth-order valence-corrected chi connectivity index (χ4v) is 4.83. The van der Waals surface area contributed by atoms with Gasteiger partial charge >= 0.3 is 0 Å². The van der Waals surface area contributed by atoms with Gasteiger partial charge in [0.2, 0.25) is 5.91 Å². The highest BCUT2D eigenvalue weighted by Gasteiger charge is 2.48. The van der Waals surface area contributed by atoms with Crippen LogP contribution in [-0.4, -0.2) is 16.8 Å². The van der Waals surface area contributed by atoms with Crippen molar-refractivity contribution in [2.24, 2.45) is 22.6 Å². The van der Waals surface area contributed by atoms with Crippen molar-refractivity contribution in [1.29, 1.82) is 0 Å². The van der Waals surface area contributed by atoms with Gasteiger partial charge in [-0.05, 0) is 49.8 Å². The second-order valence-electron chi connectivity index (χ2n) is 6.73. The average Bonchev–Trinajstić information content (AvgIpc) is 3.29. The molecule has 1 unspecified atom stereocenters. The lowest BCUT2D eigenvalue weighted by atomic mass is 9.81. The van der Waals surface area contributed by atoms with Crippen LogP contribution in [0.2, 0.25) is 0 Å². The molecule has 3 N–H and O–H groups in total. The second-order valence-corrected chi connectivity index (χ2v) is 7.77. The maximum atomic E-state index is 14.6. The molecule has 122 valence electrons. The molecule has 0 radical (unpaired) electrons. The first-order chi connectivity index (χ1) is 11.1. The van der Waals surface area contributed by atoms with Crippen LogP contribution in [0.25, 0.3) is 0 Å². The van der Waals surface area contributed by atoms with E-state index in [-0.39, 0.29) is 17.6 Å². The molecule has 2 atom stereocenters. The number of carbonyl (C=O) groups is 1. The van der Waals surface area contributed by atoms with E-state index in [4.69, 9.17) is 5.73 Å². The highest BCUT2D eigenvalue weighted by Crippen LogP contribution is 2.51. The number of nitrogens with zero attached hydrogens (tertiary/aromatic N) is 1. The first kappa shape index (κ1) is 15.0. The van der Waals surface area contributed by atoms with Crippen LogP contribution >= 0.6 is 11.8 Å². The van der Waals surface area contributed by atoms with Crippen LogP contribution < -0.4 is 11.1 Å². The number of nitrogens with one attached hydrogen (secondary N) is 1. The Morgan fingerprint density at radius 3 is 3.00 bits per heavy atom. The van der Waals surface area contributed by atoms with Crippen LogP contribution in [0.3, 0.4) is 0 Å². The summed E-state index contributed by atoms with van der Waals surface area (Å²) in [6, 6.07) is 4.83. The largest absolute Gasteiger partial charge is 0.379 e. The first-order valence-electron chi connectivity index (χ1n) is 8.17. The molecule has 1 heterocycles. The molecule has 0 spiro atoms. The SMILES string of the molecule is NC1=NC2(c3cc(NC(=O)C4CC4)ccc3F)CCC[C@H]2CS1. The number of carbonyl (C=O) groups excluding carboxylic acids is 1. The smallest absolute Gasteiger partial charge is 0.227 e. The van der Waals surface area contributed by atoms with E-state index < -0.39 is 5.54 Å². The maximum absolute atomic E-state index is 14.6. The van der Waals surface area contributed by atoms with Crippen LogP contribution in [-0.2, 0) is 10.3 Å². The Kier molecular flexibility index (Phi) is 3.59. The van der Waals surface area contributed by atoms with Gasteiger partial charge in [0.1, 0.15) is 5.82 Å². The maximum Gasteiger partial charge on any atom is 0.227 e. The van der Waals surface area contributed by atoms with Gasteiger partial charge in [0, 0.05) is 22.9 Å². The summed E-state index contributed by atoms with van der Waals surface area (Å²) in [7, 11) is 0. The van der Waals surface area contributed by atoms with Crippen LogP contribution in [0, 0.1) is 17.7 Å². The molecule has 23 heavy (non-hydrogen) atoms. The summed E-state index contributed by atoms with van der Waals surface area (Å²) in [4.78, 5) is 16.6.